The molecule has 0 amide bonds. The molecule has 0 unspecified atom stereocenters. The van der Waals surface area contributed by atoms with Gasteiger partial charge < -0.3 is 9.55 Å². The number of hydrogen-bond acceptors (Lipinski definition) is 1. The monoisotopic (exact) mass is 204 g/mol. The van der Waals surface area contributed by atoms with E-state index < -0.39 is 0 Å². The van der Waals surface area contributed by atoms with Crippen molar-refractivity contribution in [2.24, 2.45) is 0 Å². The third-order valence-electron chi connectivity index (χ3n) is 2.38. The number of rotatable bonds is 2. The lowest BCUT2D eigenvalue weighted by molar-refractivity contribution is 0.630. The summed E-state index contributed by atoms with van der Waals surface area (Å²) in [6.45, 7) is 2.14. The molecule has 0 radical (unpaired) electrons. The van der Waals surface area contributed by atoms with Crippen LogP contribution in [-0.2, 0) is 0 Å². The molecule has 0 bridgehead atoms. The molecule has 1 N–H and O–H groups in total. The van der Waals surface area contributed by atoms with Gasteiger partial charge in [0.15, 0.2) is 4.77 Å². The molecule has 0 saturated carbocycles. The summed E-state index contributed by atoms with van der Waals surface area (Å²) in [7, 11) is 0. The smallest absolute Gasteiger partial charge is 0.177 e. The van der Waals surface area contributed by atoms with Crippen LogP contribution in [0.25, 0.3) is 0 Å². The second-order valence-electron chi connectivity index (χ2n) is 3.26. The lowest BCUT2D eigenvalue weighted by Gasteiger charge is -2.12. The van der Waals surface area contributed by atoms with Crippen molar-refractivity contribution in [3.8, 4) is 0 Å². The van der Waals surface area contributed by atoms with Crippen molar-refractivity contribution in [3.63, 3.8) is 0 Å². The molecule has 2 rings (SSSR count). The highest BCUT2D eigenvalue weighted by atomic mass is 32.1. The Hall–Kier alpha value is -1.35. The van der Waals surface area contributed by atoms with Crippen molar-refractivity contribution in [2.45, 2.75) is 13.0 Å². The number of hydrogen-bond donors (Lipinski definition) is 1. The van der Waals surface area contributed by atoms with Crippen LogP contribution in [0, 0.1) is 4.77 Å². The summed E-state index contributed by atoms with van der Waals surface area (Å²) >= 11 is 5.17. The molecule has 72 valence electrons. The van der Waals surface area contributed by atoms with E-state index >= 15 is 0 Å². The van der Waals surface area contributed by atoms with Crippen LogP contribution in [0.15, 0.2) is 42.7 Å². The molecule has 0 aliphatic carbocycles. The van der Waals surface area contributed by atoms with E-state index in [1.165, 1.54) is 5.56 Å². The minimum Gasteiger partial charge on any atom is -0.337 e. The summed E-state index contributed by atoms with van der Waals surface area (Å²) < 4.78 is 2.81. The highest BCUT2D eigenvalue weighted by Gasteiger charge is 2.06. The molecule has 2 aromatic rings. The van der Waals surface area contributed by atoms with Crippen molar-refractivity contribution < 1.29 is 0 Å². The van der Waals surface area contributed by atoms with Gasteiger partial charge in [-0.25, -0.2) is 0 Å². The second kappa shape index (κ2) is 3.80. The maximum atomic E-state index is 5.17. The Morgan fingerprint density at radius 2 is 2.00 bits per heavy atom. The van der Waals surface area contributed by atoms with E-state index in [1.54, 1.807) is 0 Å². The Morgan fingerprint density at radius 1 is 1.29 bits per heavy atom. The van der Waals surface area contributed by atoms with Gasteiger partial charge in [-0.15, -0.1) is 0 Å². The highest BCUT2D eigenvalue weighted by molar-refractivity contribution is 7.71. The van der Waals surface area contributed by atoms with Crippen LogP contribution in [0.3, 0.4) is 0 Å². The number of benzene rings is 1. The van der Waals surface area contributed by atoms with Crippen LogP contribution < -0.4 is 0 Å². The van der Waals surface area contributed by atoms with E-state index in [2.05, 4.69) is 24.0 Å². The number of imidazole rings is 1. The summed E-state index contributed by atoms with van der Waals surface area (Å²) in [6.07, 6.45) is 3.84. The van der Waals surface area contributed by atoms with Crippen molar-refractivity contribution in [3.05, 3.63) is 53.1 Å². The summed E-state index contributed by atoms with van der Waals surface area (Å²) in [5.41, 5.74) is 1.27. The molecule has 1 aromatic carbocycles. The first kappa shape index (κ1) is 9.21. The van der Waals surface area contributed by atoms with Gasteiger partial charge in [-0.2, -0.15) is 0 Å². The third-order valence-corrected chi connectivity index (χ3v) is 2.70. The lowest BCUT2D eigenvalue weighted by atomic mass is 10.1. The molecular weight excluding hydrogens is 192 g/mol. The SMILES string of the molecule is C[C@@H](c1ccccc1)n1cc[nH]c1=S. The Labute approximate surface area is 88.2 Å². The van der Waals surface area contributed by atoms with Gasteiger partial charge in [-0.05, 0) is 24.7 Å². The van der Waals surface area contributed by atoms with Crippen molar-refractivity contribution in [1.82, 2.24) is 9.55 Å². The fourth-order valence-electron chi connectivity index (χ4n) is 1.53. The van der Waals surface area contributed by atoms with Crippen molar-refractivity contribution >= 4 is 12.2 Å². The fourth-order valence-corrected chi connectivity index (χ4v) is 1.82. The van der Waals surface area contributed by atoms with Crippen molar-refractivity contribution in [2.75, 3.05) is 0 Å². The van der Waals surface area contributed by atoms with Crippen LogP contribution in [0.1, 0.15) is 18.5 Å². The minimum absolute atomic E-state index is 0.287. The van der Waals surface area contributed by atoms with Crippen LogP contribution in [-0.4, -0.2) is 9.55 Å². The summed E-state index contributed by atoms with van der Waals surface area (Å²) in [5, 5.41) is 0. The van der Waals surface area contributed by atoms with E-state index in [4.69, 9.17) is 12.2 Å². The molecule has 1 aromatic heterocycles. The lowest BCUT2D eigenvalue weighted by Crippen LogP contribution is -2.05. The Balaban J connectivity index is 2.39. The Morgan fingerprint density at radius 3 is 2.57 bits per heavy atom. The maximum absolute atomic E-state index is 5.17. The average molecular weight is 204 g/mol. The third kappa shape index (κ3) is 1.63. The number of nitrogens with zero attached hydrogens (tertiary/aromatic N) is 1. The topological polar surface area (TPSA) is 20.7 Å². The molecule has 2 nitrogen and oxygen atoms in total. The van der Waals surface area contributed by atoms with Crippen LogP contribution in [0.4, 0.5) is 0 Å². The van der Waals surface area contributed by atoms with Crippen LogP contribution in [0.5, 0.6) is 0 Å². The van der Waals surface area contributed by atoms with Gasteiger partial charge in [-0.3, -0.25) is 0 Å². The minimum atomic E-state index is 0.287. The summed E-state index contributed by atoms with van der Waals surface area (Å²) in [4.78, 5) is 3.00. The van der Waals surface area contributed by atoms with E-state index in [0.29, 0.717) is 0 Å². The zero-order valence-electron chi connectivity index (χ0n) is 7.97. The molecule has 0 fully saturated rings. The first-order chi connectivity index (χ1) is 6.79. The van der Waals surface area contributed by atoms with Gasteiger partial charge in [0.25, 0.3) is 0 Å². The van der Waals surface area contributed by atoms with Gasteiger partial charge >= 0.3 is 0 Å². The molecule has 0 saturated heterocycles. The summed E-state index contributed by atoms with van der Waals surface area (Å²) in [5.74, 6) is 0. The molecule has 0 spiro atoms. The number of H-pyrrole nitrogens is 1. The second-order valence-corrected chi connectivity index (χ2v) is 3.65. The maximum Gasteiger partial charge on any atom is 0.177 e. The van der Waals surface area contributed by atoms with E-state index in [9.17, 15) is 0 Å². The molecule has 0 aliphatic rings. The van der Waals surface area contributed by atoms with E-state index in [0.717, 1.165) is 4.77 Å². The van der Waals surface area contributed by atoms with Gasteiger partial charge in [0, 0.05) is 12.4 Å². The number of aromatic nitrogens is 2. The predicted octanol–water partition coefficient (Wildman–Crippen LogP) is 3.15. The Kier molecular flexibility index (Phi) is 2.50. The zero-order valence-corrected chi connectivity index (χ0v) is 8.79. The largest absolute Gasteiger partial charge is 0.337 e. The first-order valence-electron chi connectivity index (χ1n) is 4.59. The van der Waals surface area contributed by atoms with Crippen LogP contribution in [0.2, 0.25) is 0 Å². The van der Waals surface area contributed by atoms with E-state index in [1.807, 2.05) is 35.2 Å². The average Bonchev–Trinajstić information content (AvgIpc) is 2.65. The quantitative estimate of drug-likeness (QED) is 0.745. The van der Waals surface area contributed by atoms with Gasteiger partial charge in [0.05, 0.1) is 6.04 Å². The molecule has 14 heavy (non-hydrogen) atoms. The molecule has 1 atom stereocenters. The summed E-state index contributed by atoms with van der Waals surface area (Å²) in [6, 6.07) is 10.6. The predicted molar refractivity (Wildman–Crippen MR) is 59.9 cm³/mol. The molecular formula is C11H12N2S. The molecule has 0 aliphatic heterocycles. The van der Waals surface area contributed by atoms with Crippen molar-refractivity contribution in [1.29, 1.82) is 0 Å². The normalized spacial score (nSPS) is 12.6. The first-order valence-corrected chi connectivity index (χ1v) is 5.00. The van der Waals surface area contributed by atoms with Gasteiger partial charge in [0.1, 0.15) is 0 Å². The van der Waals surface area contributed by atoms with Crippen LogP contribution >= 0.6 is 12.2 Å². The highest BCUT2D eigenvalue weighted by Crippen LogP contribution is 2.16. The number of aromatic amines is 1. The fraction of sp³-hybridized carbons (Fsp3) is 0.182. The molecule has 3 heteroatoms. The Bertz CT molecular complexity index is 455. The number of nitrogens with one attached hydrogen (secondary N) is 1. The zero-order chi connectivity index (χ0) is 9.97. The van der Waals surface area contributed by atoms with Gasteiger partial charge in [-0.1, -0.05) is 30.3 Å². The molecule has 1 heterocycles. The van der Waals surface area contributed by atoms with E-state index in [-0.39, 0.29) is 6.04 Å². The standard InChI is InChI=1S/C11H12N2S/c1-9(10-5-3-2-4-6-10)13-8-7-12-11(13)14/h2-9H,1H3,(H,12,14)/t9-/m0/s1. The van der Waals surface area contributed by atoms with Gasteiger partial charge in [0.2, 0.25) is 0 Å².